The van der Waals surface area contributed by atoms with Crippen LogP contribution in [-0.4, -0.2) is 15.9 Å². The van der Waals surface area contributed by atoms with Gasteiger partial charge in [0, 0.05) is 11.3 Å². The summed E-state index contributed by atoms with van der Waals surface area (Å²) in [5.41, 5.74) is 6.76. The second-order valence-corrected chi connectivity index (χ2v) is 3.94. The normalized spacial score (nSPS) is 10.2. The van der Waals surface area contributed by atoms with Crippen molar-refractivity contribution in [2.24, 2.45) is 0 Å². The third kappa shape index (κ3) is 3.25. The Morgan fingerprint density at radius 1 is 1.42 bits per heavy atom. The molecule has 0 aliphatic rings. The van der Waals surface area contributed by atoms with Crippen LogP contribution in [0.3, 0.4) is 0 Å². The van der Waals surface area contributed by atoms with Crippen molar-refractivity contribution in [3.63, 3.8) is 0 Å². The lowest BCUT2D eigenvalue weighted by molar-refractivity contribution is 0.102. The summed E-state index contributed by atoms with van der Waals surface area (Å²) < 4.78 is 12.7. The van der Waals surface area contributed by atoms with Gasteiger partial charge in [-0.2, -0.15) is 0 Å². The lowest BCUT2D eigenvalue weighted by Gasteiger charge is -2.06. The largest absolute Gasteiger partial charge is 0.384 e. The van der Waals surface area contributed by atoms with Gasteiger partial charge in [0.2, 0.25) is 0 Å². The number of rotatable bonds is 3. The predicted octanol–water partition coefficient (Wildman–Crippen LogP) is 2.01. The molecule has 0 aliphatic carbocycles. The van der Waals surface area contributed by atoms with E-state index in [2.05, 4.69) is 15.3 Å². The molecular formula is C13H13FN4O. The maximum absolute atomic E-state index is 12.7. The van der Waals surface area contributed by atoms with Crippen molar-refractivity contribution >= 4 is 17.5 Å². The molecule has 0 aromatic carbocycles. The van der Waals surface area contributed by atoms with Crippen molar-refractivity contribution in [1.82, 2.24) is 9.97 Å². The number of hydrogen-bond donors (Lipinski definition) is 2. The van der Waals surface area contributed by atoms with Gasteiger partial charge in [0.25, 0.3) is 5.91 Å². The van der Waals surface area contributed by atoms with Crippen molar-refractivity contribution in [2.75, 3.05) is 11.1 Å². The smallest absolute Gasteiger partial charge is 0.257 e. The molecule has 0 aliphatic heterocycles. The number of pyridine rings is 2. The molecule has 1 amide bonds. The topological polar surface area (TPSA) is 80.9 Å². The van der Waals surface area contributed by atoms with Crippen molar-refractivity contribution < 1.29 is 9.18 Å². The van der Waals surface area contributed by atoms with E-state index in [1.807, 2.05) is 6.92 Å². The summed E-state index contributed by atoms with van der Waals surface area (Å²) in [5, 5.41) is 2.56. The maximum Gasteiger partial charge on any atom is 0.257 e. The summed E-state index contributed by atoms with van der Waals surface area (Å²) in [6.07, 6.45) is 1.72. The summed E-state index contributed by atoms with van der Waals surface area (Å²) in [4.78, 5) is 19.8. The number of anilines is 2. The molecule has 0 bridgehead atoms. The van der Waals surface area contributed by atoms with Crippen LogP contribution < -0.4 is 11.1 Å². The molecule has 5 nitrogen and oxygen atoms in total. The van der Waals surface area contributed by atoms with Crippen molar-refractivity contribution in [3.05, 3.63) is 47.5 Å². The van der Waals surface area contributed by atoms with E-state index in [1.54, 1.807) is 6.07 Å². The lowest BCUT2D eigenvalue weighted by Crippen LogP contribution is -2.14. The SMILES string of the molecule is CCc1cc(C(=O)Nc2ccc(F)cn2)cc(N)n1. The number of nitrogen functional groups attached to an aromatic ring is 1. The van der Waals surface area contributed by atoms with Gasteiger partial charge in [-0.1, -0.05) is 6.92 Å². The number of hydrogen-bond acceptors (Lipinski definition) is 4. The number of carbonyl (C=O) groups is 1. The monoisotopic (exact) mass is 260 g/mol. The van der Waals surface area contributed by atoms with Crippen molar-refractivity contribution in [1.29, 1.82) is 0 Å². The molecule has 3 N–H and O–H groups in total. The van der Waals surface area contributed by atoms with Gasteiger partial charge >= 0.3 is 0 Å². The summed E-state index contributed by atoms with van der Waals surface area (Å²) in [6.45, 7) is 1.92. The van der Waals surface area contributed by atoms with Crippen molar-refractivity contribution in [3.8, 4) is 0 Å². The summed E-state index contributed by atoms with van der Waals surface area (Å²) in [6, 6.07) is 5.76. The zero-order chi connectivity index (χ0) is 13.8. The first-order valence-corrected chi connectivity index (χ1v) is 5.78. The molecule has 6 heteroatoms. The van der Waals surface area contributed by atoms with E-state index in [4.69, 9.17) is 5.73 Å². The first-order valence-electron chi connectivity index (χ1n) is 5.78. The highest BCUT2D eigenvalue weighted by atomic mass is 19.1. The molecule has 2 rings (SSSR count). The van der Waals surface area contributed by atoms with E-state index in [1.165, 1.54) is 18.2 Å². The molecule has 0 saturated carbocycles. The summed E-state index contributed by atoms with van der Waals surface area (Å²) >= 11 is 0. The molecule has 2 heterocycles. The Hall–Kier alpha value is -2.50. The minimum Gasteiger partial charge on any atom is -0.384 e. The highest BCUT2D eigenvalue weighted by Gasteiger charge is 2.09. The van der Waals surface area contributed by atoms with E-state index in [0.717, 1.165) is 11.9 Å². The number of nitrogens with two attached hydrogens (primary N) is 1. The number of nitrogens with one attached hydrogen (secondary N) is 1. The van der Waals surface area contributed by atoms with Gasteiger partial charge in [-0.3, -0.25) is 4.79 Å². The summed E-state index contributed by atoms with van der Waals surface area (Å²) in [7, 11) is 0. The first kappa shape index (κ1) is 12.9. The fraction of sp³-hybridized carbons (Fsp3) is 0.154. The Bertz CT molecular complexity index is 598. The van der Waals surface area contributed by atoms with Gasteiger partial charge in [0.15, 0.2) is 0 Å². The van der Waals surface area contributed by atoms with Crippen LogP contribution in [0.5, 0.6) is 0 Å². The average molecular weight is 260 g/mol. The van der Waals surface area contributed by atoms with Crippen LogP contribution in [0.1, 0.15) is 23.0 Å². The number of aromatic nitrogens is 2. The molecule has 0 atom stereocenters. The van der Waals surface area contributed by atoms with E-state index >= 15 is 0 Å². The Kier molecular flexibility index (Phi) is 3.70. The minimum atomic E-state index is -0.459. The van der Waals surface area contributed by atoms with Gasteiger partial charge in [-0.15, -0.1) is 0 Å². The van der Waals surface area contributed by atoms with Crippen LogP contribution in [0.15, 0.2) is 30.5 Å². The number of carbonyl (C=O) groups excluding carboxylic acids is 1. The number of aryl methyl sites for hydroxylation is 1. The zero-order valence-electron chi connectivity index (χ0n) is 10.4. The Morgan fingerprint density at radius 2 is 2.21 bits per heavy atom. The van der Waals surface area contributed by atoms with Gasteiger partial charge < -0.3 is 11.1 Å². The van der Waals surface area contributed by atoms with Crippen LogP contribution in [0.25, 0.3) is 0 Å². The molecule has 0 saturated heterocycles. The van der Waals surface area contributed by atoms with E-state index in [9.17, 15) is 9.18 Å². The Labute approximate surface area is 109 Å². The van der Waals surface area contributed by atoms with Gasteiger partial charge in [-0.05, 0) is 30.7 Å². The van der Waals surface area contributed by atoms with Crippen LogP contribution in [0.2, 0.25) is 0 Å². The Balaban J connectivity index is 2.20. The first-order chi connectivity index (χ1) is 9.08. The molecule has 98 valence electrons. The van der Waals surface area contributed by atoms with E-state index < -0.39 is 5.82 Å². The highest BCUT2D eigenvalue weighted by molar-refractivity contribution is 6.04. The number of halogens is 1. The molecule has 0 unspecified atom stereocenters. The fourth-order valence-electron chi connectivity index (χ4n) is 1.56. The van der Waals surface area contributed by atoms with E-state index in [-0.39, 0.29) is 17.5 Å². The third-order valence-corrected chi connectivity index (χ3v) is 2.49. The van der Waals surface area contributed by atoms with Crippen LogP contribution >= 0.6 is 0 Å². The summed E-state index contributed by atoms with van der Waals surface area (Å²) in [5.74, 6) is -0.251. The van der Waals surface area contributed by atoms with Crippen LogP contribution in [-0.2, 0) is 6.42 Å². The highest BCUT2D eigenvalue weighted by Crippen LogP contribution is 2.11. The molecule has 19 heavy (non-hydrogen) atoms. The quantitative estimate of drug-likeness (QED) is 0.884. The maximum atomic E-state index is 12.7. The van der Waals surface area contributed by atoms with Crippen LogP contribution in [0.4, 0.5) is 16.0 Å². The number of nitrogens with zero attached hydrogens (tertiary/aromatic N) is 2. The molecular weight excluding hydrogens is 247 g/mol. The third-order valence-electron chi connectivity index (χ3n) is 2.49. The minimum absolute atomic E-state index is 0.278. The second kappa shape index (κ2) is 5.43. The zero-order valence-corrected chi connectivity index (χ0v) is 10.4. The van der Waals surface area contributed by atoms with Gasteiger partial charge in [0.1, 0.15) is 17.5 Å². The molecule has 0 radical (unpaired) electrons. The molecule has 2 aromatic rings. The van der Waals surface area contributed by atoms with Crippen LogP contribution in [0, 0.1) is 5.82 Å². The Morgan fingerprint density at radius 3 is 2.84 bits per heavy atom. The van der Waals surface area contributed by atoms with E-state index in [0.29, 0.717) is 12.0 Å². The molecule has 2 aromatic heterocycles. The van der Waals surface area contributed by atoms with Gasteiger partial charge in [0.05, 0.1) is 6.20 Å². The van der Waals surface area contributed by atoms with Crippen molar-refractivity contribution in [2.45, 2.75) is 13.3 Å². The fourth-order valence-corrected chi connectivity index (χ4v) is 1.56. The number of amides is 1. The average Bonchev–Trinajstić information content (AvgIpc) is 2.40. The lowest BCUT2D eigenvalue weighted by atomic mass is 10.2. The predicted molar refractivity (Wildman–Crippen MR) is 70.2 cm³/mol. The second-order valence-electron chi connectivity index (χ2n) is 3.94. The van der Waals surface area contributed by atoms with Gasteiger partial charge in [-0.25, -0.2) is 14.4 Å². The molecule has 0 spiro atoms. The standard InChI is InChI=1S/C13H13FN4O/c1-2-10-5-8(6-11(15)17-10)13(19)18-12-4-3-9(14)7-16-12/h3-7H,2H2,1H3,(H2,15,17)(H,16,18,19). The molecule has 0 fully saturated rings.